The van der Waals surface area contributed by atoms with Crippen molar-refractivity contribution in [3.63, 3.8) is 0 Å². The molecule has 1 amide bonds. The summed E-state index contributed by atoms with van der Waals surface area (Å²) in [6.45, 7) is 5.26. The van der Waals surface area contributed by atoms with Gasteiger partial charge in [0.1, 0.15) is 22.4 Å². The van der Waals surface area contributed by atoms with Crippen LogP contribution in [-0.4, -0.2) is 55.7 Å². The summed E-state index contributed by atoms with van der Waals surface area (Å²) in [6.07, 6.45) is 0. The average molecular weight is 553 g/mol. The number of Topliss-reactive ketones (excluding diaryl/α,β-unsaturated/α-hetero) is 1. The number of aliphatic hydroxyl groups excluding tert-OH is 1. The van der Waals surface area contributed by atoms with E-state index in [4.69, 9.17) is 18.9 Å². The Labute approximate surface area is 229 Å². The summed E-state index contributed by atoms with van der Waals surface area (Å²) in [6, 6.07) is 8.81. The maximum absolute atomic E-state index is 13.6. The number of carbonyl (C=O) groups excluding carboxylic acids is 3. The number of ether oxygens (including phenoxy) is 4. The summed E-state index contributed by atoms with van der Waals surface area (Å²) < 4.78 is 21.5. The predicted molar refractivity (Wildman–Crippen MR) is 145 cm³/mol. The molecule has 10 nitrogen and oxygen atoms in total. The lowest BCUT2D eigenvalue weighted by Gasteiger charge is -2.25. The molecule has 0 aliphatic carbocycles. The van der Waals surface area contributed by atoms with Crippen LogP contribution in [0.15, 0.2) is 42.0 Å². The van der Waals surface area contributed by atoms with Crippen molar-refractivity contribution in [1.29, 1.82) is 0 Å². The van der Waals surface area contributed by atoms with Crippen molar-refractivity contribution in [3.05, 3.63) is 69.2 Å². The summed E-state index contributed by atoms with van der Waals surface area (Å²) in [5.41, 5.74) is 1.61. The van der Waals surface area contributed by atoms with Crippen LogP contribution in [0.5, 0.6) is 17.2 Å². The highest BCUT2D eigenvalue weighted by molar-refractivity contribution is 7.17. The second-order valence-corrected chi connectivity index (χ2v) is 9.55. The van der Waals surface area contributed by atoms with Crippen LogP contribution in [-0.2, 0) is 14.3 Å². The molecule has 1 aromatic heterocycles. The first-order valence-corrected chi connectivity index (χ1v) is 12.8. The molecular formula is C28H28N2O8S. The van der Waals surface area contributed by atoms with Crippen molar-refractivity contribution in [2.75, 3.05) is 32.8 Å². The van der Waals surface area contributed by atoms with Crippen LogP contribution in [0.4, 0.5) is 5.13 Å². The fraction of sp³-hybridized carbons (Fsp3) is 0.286. The summed E-state index contributed by atoms with van der Waals surface area (Å²) in [5.74, 6) is -1.56. The summed E-state index contributed by atoms with van der Waals surface area (Å²) in [4.78, 5) is 45.4. The molecule has 4 rings (SSSR count). The van der Waals surface area contributed by atoms with Crippen molar-refractivity contribution in [2.24, 2.45) is 0 Å². The SMILES string of the molecule is CCOC(=O)c1sc(N2C(=O)C(=O)C(=C(O)c3ccc(OC)c(C)c3)[C@@H]2c2cccc(OC)c2OC)nc1C. The van der Waals surface area contributed by atoms with Crippen molar-refractivity contribution < 1.29 is 38.4 Å². The van der Waals surface area contributed by atoms with Crippen molar-refractivity contribution >= 4 is 39.9 Å². The number of aromatic nitrogens is 1. The van der Waals surface area contributed by atoms with E-state index < -0.39 is 23.7 Å². The smallest absolute Gasteiger partial charge is 0.350 e. The second-order valence-electron chi connectivity index (χ2n) is 8.57. The summed E-state index contributed by atoms with van der Waals surface area (Å²) in [5, 5.41) is 11.6. The molecule has 1 saturated heterocycles. The van der Waals surface area contributed by atoms with E-state index in [1.807, 2.05) is 0 Å². The molecule has 0 spiro atoms. The van der Waals surface area contributed by atoms with E-state index in [0.29, 0.717) is 28.3 Å². The molecular weight excluding hydrogens is 524 g/mol. The lowest BCUT2D eigenvalue weighted by Crippen LogP contribution is -2.29. The number of aliphatic hydroxyl groups is 1. The number of benzene rings is 2. The quantitative estimate of drug-likeness (QED) is 0.185. The van der Waals surface area contributed by atoms with Gasteiger partial charge in [-0.15, -0.1) is 0 Å². The van der Waals surface area contributed by atoms with Crippen LogP contribution in [0.1, 0.15) is 45.0 Å². The number of anilines is 1. The number of nitrogens with zero attached hydrogens (tertiary/aromatic N) is 2. The Morgan fingerprint density at radius 1 is 1.05 bits per heavy atom. The normalized spacial score (nSPS) is 16.4. The lowest BCUT2D eigenvalue weighted by molar-refractivity contribution is -0.132. The average Bonchev–Trinajstić information content (AvgIpc) is 3.44. The summed E-state index contributed by atoms with van der Waals surface area (Å²) >= 11 is 0.924. The van der Waals surface area contributed by atoms with Gasteiger partial charge in [-0.05, 0) is 50.6 Å². The molecule has 2 aromatic carbocycles. The first kappa shape index (κ1) is 27.6. The third-order valence-electron chi connectivity index (χ3n) is 6.29. The number of ketones is 1. The van der Waals surface area contributed by atoms with Gasteiger partial charge in [0.15, 0.2) is 16.6 Å². The Bertz CT molecular complexity index is 1490. The van der Waals surface area contributed by atoms with Gasteiger partial charge in [-0.2, -0.15) is 0 Å². The first-order valence-electron chi connectivity index (χ1n) is 12.0. The fourth-order valence-electron chi connectivity index (χ4n) is 4.50. The van der Waals surface area contributed by atoms with E-state index in [0.717, 1.165) is 16.9 Å². The highest BCUT2D eigenvalue weighted by atomic mass is 32.1. The molecule has 11 heteroatoms. The monoisotopic (exact) mass is 552 g/mol. The Hall–Kier alpha value is -4.38. The van der Waals surface area contributed by atoms with E-state index in [9.17, 15) is 19.5 Å². The molecule has 1 aliphatic heterocycles. The topological polar surface area (TPSA) is 124 Å². The van der Waals surface area contributed by atoms with Gasteiger partial charge < -0.3 is 24.1 Å². The Balaban J connectivity index is 1.99. The minimum atomic E-state index is -1.14. The van der Waals surface area contributed by atoms with Crippen LogP contribution >= 0.6 is 11.3 Å². The minimum Gasteiger partial charge on any atom is -0.507 e. The van der Waals surface area contributed by atoms with Crippen LogP contribution in [0.2, 0.25) is 0 Å². The zero-order valence-corrected chi connectivity index (χ0v) is 23.2. The molecule has 0 bridgehead atoms. The summed E-state index contributed by atoms with van der Waals surface area (Å²) in [7, 11) is 4.43. The van der Waals surface area contributed by atoms with Gasteiger partial charge >= 0.3 is 11.9 Å². The highest BCUT2D eigenvalue weighted by Crippen LogP contribution is 2.48. The number of amides is 1. The number of para-hydroxylation sites is 1. The number of hydrogen-bond acceptors (Lipinski definition) is 10. The van der Waals surface area contributed by atoms with Crippen LogP contribution in [0.3, 0.4) is 0 Å². The van der Waals surface area contributed by atoms with E-state index >= 15 is 0 Å². The zero-order valence-electron chi connectivity index (χ0n) is 22.4. The number of aryl methyl sites for hydroxylation is 2. The van der Waals surface area contributed by atoms with Crippen LogP contribution in [0, 0.1) is 13.8 Å². The number of thiazole rings is 1. The van der Waals surface area contributed by atoms with Crippen molar-refractivity contribution in [1.82, 2.24) is 4.98 Å². The standard InChI is InChI=1S/C28H28N2O8S/c1-7-38-27(34)25-15(3)29-28(39-25)30-21(17-9-8-10-19(36-5)24(17)37-6)20(23(32)26(30)33)22(31)16-11-12-18(35-4)14(2)13-16/h8-13,21,31H,7H2,1-6H3/t21-/m0/s1. The Kier molecular flexibility index (Phi) is 7.91. The molecule has 204 valence electrons. The number of rotatable bonds is 8. The molecule has 39 heavy (non-hydrogen) atoms. The van der Waals surface area contributed by atoms with E-state index in [1.165, 1.54) is 26.2 Å². The molecule has 1 aliphatic rings. The van der Waals surface area contributed by atoms with Gasteiger partial charge in [0, 0.05) is 11.1 Å². The van der Waals surface area contributed by atoms with Crippen molar-refractivity contribution in [3.8, 4) is 17.2 Å². The molecule has 1 N–H and O–H groups in total. The fourth-order valence-corrected chi connectivity index (χ4v) is 5.49. The predicted octanol–water partition coefficient (Wildman–Crippen LogP) is 4.59. The van der Waals surface area contributed by atoms with Crippen LogP contribution in [0.25, 0.3) is 5.76 Å². The molecule has 0 saturated carbocycles. The van der Waals surface area contributed by atoms with Gasteiger partial charge in [0.05, 0.1) is 39.2 Å². The molecule has 3 aromatic rings. The van der Waals surface area contributed by atoms with E-state index in [1.54, 1.807) is 57.2 Å². The lowest BCUT2D eigenvalue weighted by atomic mass is 9.94. The van der Waals surface area contributed by atoms with Crippen molar-refractivity contribution in [2.45, 2.75) is 26.8 Å². The third-order valence-corrected chi connectivity index (χ3v) is 7.43. The minimum absolute atomic E-state index is 0.0949. The maximum atomic E-state index is 13.6. The molecule has 1 atom stereocenters. The zero-order chi connectivity index (χ0) is 28.4. The van der Waals surface area contributed by atoms with Crippen LogP contribution < -0.4 is 19.1 Å². The van der Waals surface area contributed by atoms with Gasteiger partial charge in [-0.3, -0.25) is 14.5 Å². The number of hydrogen-bond donors (Lipinski definition) is 1. The molecule has 0 unspecified atom stereocenters. The Morgan fingerprint density at radius 3 is 2.38 bits per heavy atom. The second kappa shape index (κ2) is 11.2. The molecule has 0 radical (unpaired) electrons. The molecule has 2 heterocycles. The number of methoxy groups -OCH3 is 3. The van der Waals surface area contributed by atoms with Gasteiger partial charge in [0.2, 0.25) is 0 Å². The maximum Gasteiger partial charge on any atom is 0.350 e. The van der Waals surface area contributed by atoms with Gasteiger partial charge in [-0.1, -0.05) is 23.5 Å². The third kappa shape index (κ3) is 4.81. The van der Waals surface area contributed by atoms with E-state index in [2.05, 4.69) is 4.98 Å². The largest absolute Gasteiger partial charge is 0.507 e. The Morgan fingerprint density at radius 2 is 1.77 bits per heavy atom. The van der Waals surface area contributed by atoms with E-state index in [-0.39, 0.29) is 33.7 Å². The van der Waals surface area contributed by atoms with Gasteiger partial charge in [0.25, 0.3) is 5.78 Å². The number of carbonyl (C=O) groups is 3. The first-order chi connectivity index (χ1) is 18.7. The molecule has 1 fully saturated rings. The van der Waals surface area contributed by atoms with Gasteiger partial charge in [-0.25, -0.2) is 9.78 Å². The highest BCUT2D eigenvalue weighted by Gasteiger charge is 2.49. The number of esters is 1.